The van der Waals surface area contributed by atoms with Crippen molar-refractivity contribution in [2.45, 2.75) is 208 Å². The molecule has 0 bridgehead atoms. The summed E-state index contributed by atoms with van der Waals surface area (Å²) in [6, 6.07) is 10.8. The molecule has 390 valence electrons. The number of H-pyrrole nitrogens is 2. The Morgan fingerprint density at radius 3 is 0.831 bits per heavy atom. The Morgan fingerprint density at radius 2 is 0.634 bits per heavy atom. The molecule has 0 fully saturated rings. The molecule has 71 heavy (non-hydrogen) atoms. The third-order valence-electron chi connectivity index (χ3n) is 12.3. The number of nitrogens with zero attached hydrogens (tertiary/aromatic N) is 1. The zero-order valence-electron chi connectivity index (χ0n) is 45.4. The van der Waals surface area contributed by atoms with E-state index >= 15 is 0 Å². The monoisotopic (exact) mass is 986 g/mol. The lowest BCUT2D eigenvalue weighted by Crippen LogP contribution is -2.54. The standard InChI is InChI=1S/C56H79N3O12/c1-50(2,3)35-25-32(26-36(44(35)63)51(4,5)6)19-22-41(60)69-56(31-59-48(67)57-47(66)58-49(59)68,70-42(61)23-20-33-27-37(52(7,8)9)45(64)38(28-33)53(10,11)12)71-43(62)24-21-34-29-39(54(13,14)15)46(65)40(30-34)55(16,17)18/h25-30,63-65H,19-24,31H2,1-18H3,(H2,57,58,66,67,68). The number of phenols is 3. The highest BCUT2D eigenvalue weighted by Crippen LogP contribution is 2.43. The molecule has 0 aliphatic carbocycles. The van der Waals surface area contributed by atoms with Gasteiger partial charge in [-0.05, 0) is 102 Å². The number of nitrogens with one attached hydrogen (secondary N) is 2. The van der Waals surface area contributed by atoms with Crippen LogP contribution >= 0.6 is 0 Å². The molecule has 4 rings (SSSR count). The number of phenolic OH excluding ortho intramolecular Hbond substituents is 3. The third kappa shape index (κ3) is 14.7. The summed E-state index contributed by atoms with van der Waals surface area (Å²) in [5, 5.41) is 34.0. The van der Waals surface area contributed by atoms with Crippen molar-refractivity contribution in [3.63, 3.8) is 0 Å². The van der Waals surface area contributed by atoms with E-state index in [1.165, 1.54) is 0 Å². The fourth-order valence-corrected chi connectivity index (χ4v) is 8.31. The van der Waals surface area contributed by atoms with Gasteiger partial charge < -0.3 is 29.5 Å². The van der Waals surface area contributed by atoms with Crippen LogP contribution in [0.1, 0.15) is 194 Å². The maximum atomic E-state index is 14.3. The van der Waals surface area contributed by atoms with Crippen LogP contribution in [0.4, 0.5) is 0 Å². The van der Waals surface area contributed by atoms with Crippen molar-refractivity contribution in [2.75, 3.05) is 0 Å². The summed E-state index contributed by atoms with van der Waals surface area (Å²) in [6.07, 6.45) is -1.03. The van der Waals surface area contributed by atoms with E-state index in [1.54, 1.807) is 36.4 Å². The molecule has 0 radical (unpaired) electrons. The molecule has 1 heterocycles. The second-order valence-electron chi connectivity index (χ2n) is 25.0. The van der Waals surface area contributed by atoms with E-state index in [0.29, 0.717) is 54.6 Å². The topological polar surface area (TPSA) is 227 Å². The maximum Gasteiger partial charge on any atom is 0.443 e. The van der Waals surface area contributed by atoms with Gasteiger partial charge in [0, 0.05) is 19.3 Å². The fraction of sp³-hybridized carbons (Fsp3) is 0.571. The van der Waals surface area contributed by atoms with Crippen molar-refractivity contribution in [3.05, 3.63) is 118 Å². The van der Waals surface area contributed by atoms with Gasteiger partial charge in [-0.25, -0.2) is 19.0 Å². The Labute approximate surface area is 418 Å². The van der Waals surface area contributed by atoms with Crippen molar-refractivity contribution >= 4 is 17.9 Å². The van der Waals surface area contributed by atoms with Crippen LogP contribution in [0.3, 0.4) is 0 Å². The largest absolute Gasteiger partial charge is 0.507 e. The van der Waals surface area contributed by atoms with Gasteiger partial charge in [0.15, 0.2) is 6.54 Å². The van der Waals surface area contributed by atoms with E-state index in [0.717, 1.165) is 0 Å². The maximum absolute atomic E-state index is 14.3. The van der Waals surface area contributed by atoms with Crippen LogP contribution in [-0.4, -0.2) is 53.7 Å². The summed E-state index contributed by atoms with van der Waals surface area (Å²) in [6.45, 7) is 34.0. The zero-order chi connectivity index (χ0) is 54.2. The van der Waals surface area contributed by atoms with Crippen molar-refractivity contribution in [1.29, 1.82) is 0 Å². The van der Waals surface area contributed by atoms with Crippen LogP contribution in [-0.2, 0) is 86.9 Å². The van der Waals surface area contributed by atoms with Crippen LogP contribution in [0.15, 0.2) is 50.8 Å². The molecule has 15 heteroatoms. The van der Waals surface area contributed by atoms with Crippen molar-refractivity contribution in [2.24, 2.45) is 0 Å². The molecule has 0 aliphatic rings. The Bertz CT molecular complexity index is 2440. The van der Waals surface area contributed by atoms with Gasteiger partial charge in [0.25, 0.3) is 0 Å². The smallest absolute Gasteiger partial charge is 0.443 e. The van der Waals surface area contributed by atoms with Gasteiger partial charge in [-0.3, -0.25) is 24.4 Å². The number of carbonyl (C=O) groups is 3. The minimum atomic E-state index is -3.08. The number of aromatic hydroxyl groups is 3. The van der Waals surface area contributed by atoms with Crippen molar-refractivity contribution in [3.8, 4) is 17.2 Å². The molecule has 3 aromatic carbocycles. The van der Waals surface area contributed by atoms with Crippen LogP contribution in [0.5, 0.6) is 17.2 Å². The number of benzene rings is 3. The Kier molecular flexibility index (Phi) is 16.6. The average molecular weight is 986 g/mol. The number of carbonyl (C=O) groups excluding carboxylic acids is 3. The summed E-state index contributed by atoms with van der Waals surface area (Å²) < 4.78 is 18.1. The van der Waals surface area contributed by atoms with Gasteiger partial charge in [0.1, 0.15) is 17.2 Å². The van der Waals surface area contributed by atoms with Crippen molar-refractivity contribution in [1.82, 2.24) is 14.5 Å². The average Bonchev–Trinajstić information content (AvgIpc) is 3.18. The highest BCUT2D eigenvalue weighted by Gasteiger charge is 2.46. The number of ether oxygens (including phenoxy) is 3. The van der Waals surface area contributed by atoms with E-state index in [9.17, 15) is 44.1 Å². The predicted molar refractivity (Wildman–Crippen MR) is 274 cm³/mol. The number of hydrogen-bond donors (Lipinski definition) is 5. The molecular weight excluding hydrogens is 907 g/mol. The molecule has 0 atom stereocenters. The first-order chi connectivity index (χ1) is 32.1. The zero-order valence-corrected chi connectivity index (χ0v) is 45.4. The summed E-state index contributed by atoms with van der Waals surface area (Å²) in [4.78, 5) is 85.4. The minimum Gasteiger partial charge on any atom is -0.507 e. The number of hydrogen-bond acceptors (Lipinski definition) is 12. The normalized spacial score (nSPS) is 13.0. The molecule has 15 nitrogen and oxygen atoms in total. The summed E-state index contributed by atoms with van der Waals surface area (Å²) in [7, 11) is 0. The quantitative estimate of drug-likeness (QED) is 0.0588. The van der Waals surface area contributed by atoms with Gasteiger partial charge in [0.05, 0.1) is 0 Å². The van der Waals surface area contributed by atoms with E-state index in [2.05, 4.69) is 0 Å². The summed E-state index contributed by atoms with van der Waals surface area (Å²) in [5.74, 6) is -5.81. The highest BCUT2D eigenvalue weighted by molar-refractivity contribution is 5.74. The van der Waals surface area contributed by atoms with Crippen LogP contribution in [0.25, 0.3) is 0 Å². The van der Waals surface area contributed by atoms with E-state index in [-0.39, 0.29) is 55.8 Å². The lowest BCUT2D eigenvalue weighted by Gasteiger charge is -2.32. The second-order valence-corrected chi connectivity index (χ2v) is 25.0. The number of aromatic amines is 2. The van der Waals surface area contributed by atoms with Crippen LogP contribution in [0, 0.1) is 0 Å². The second kappa shape index (κ2) is 20.5. The number of rotatable bonds is 14. The van der Waals surface area contributed by atoms with Crippen LogP contribution in [0.2, 0.25) is 0 Å². The van der Waals surface area contributed by atoms with Crippen LogP contribution < -0.4 is 17.1 Å². The minimum absolute atomic E-state index is 0.0442. The Balaban J connectivity index is 1.85. The molecule has 0 aliphatic heterocycles. The Morgan fingerprint density at radius 1 is 0.423 bits per heavy atom. The Hall–Kier alpha value is -6.12. The molecular formula is C56H79N3O12. The lowest BCUT2D eigenvalue weighted by atomic mass is 9.78. The van der Waals surface area contributed by atoms with Gasteiger partial charge >= 0.3 is 41.0 Å². The van der Waals surface area contributed by atoms with E-state index in [4.69, 9.17) is 14.2 Å². The highest BCUT2D eigenvalue weighted by atomic mass is 16.9. The molecule has 5 N–H and O–H groups in total. The first kappa shape index (κ1) is 57.5. The molecule has 0 saturated carbocycles. The lowest BCUT2D eigenvalue weighted by molar-refractivity contribution is -0.336. The first-order valence-electron chi connectivity index (χ1n) is 24.3. The fourth-order valence-electron chi connectivity index (χ4n) is 8.31. The summed E-state index contributed by atoms with van der Waals surface area (Å²) in [5.41, 5.74) is -0.700. The molecule has 0 spiro atoms. The number of aromatic nitrogens is 3. The molecule has 0 unspecified atom stereocenters. The third-order valence-corrected chi connectivity index (χ3v) is 12.3. The molecule has 0 saturated heterocycles. The molecule has 1 aromatic heterocycles. The van der Waals surface area contributed by atoms with Gasteiger partial charge in [-0.2, -0.15) is 0 Å². The van der Waals surface area contributed by atoms with Gasteiger partial charge in [-0.15, -0.1) is 0 Å². The summed E-state index contributed by atoms with van der Waals surface area (Å²) >= 11 is 0. The number of aryl methyl sites for hydroxylation is 3. The SMILES string of the molecule is CC(C)(C)c1cc(CCC(=O)OC(Cn2c(=O)[nH]c(=O)[nH]c2=O)(OC(=O)CCc2cc(C(C)(C)C)c(O)c(C(C)(C)C)c2)OC(=O)CCc2cc(C(C)(C)C)c(O)c(C(C)(C)C)c2)cc(C(C)(C)C)c1O. The first-order valence-corrected chi connectivity index (χ1v) is 24.3. The van der Waals surface area contributed by atoms with Crippen molar-refractivity contribution < 1.29 is 43.9 Å². The number of esters is 3. The van der Waals surface area contributed by atoms with Gasteiger partial charge in [-0.1, -0.05) is 161 Å². The molecule has 4 aromatic rings. The van der Waals surface area contributed by atoms with Gasteiger partial charge in [0.2, 0.25) is 0 Å². The predicted octanol–water partition coefficient (Wildman–Crippen LogP) is 9.31. The van der Waals surface area contributed by atoms with E-state index in [1.807, 2.05) is 135 Å². The van der Waals surface area contributed by atoms with E-state index < -0.39 is 80.0 Å². The molecule has 0 amide bonds.